The van der Waals surface area contributed by atoms with Crippen LogP contribution in [0.2, 0.25) is 0 Å². The molecule has 0 bridgehead atoms. The summed E-state index contributed by atoms with van der Waals surface area (Å²) in [5.41, 5.74) is 9.55. The molecular formula is C16H20N2. The molecule has 2 nitrogen and oxygen atoms in total. The normalized spacial score (nSPS) is 12.2. The van der Waals surface area contributed by atoms with Gasteiger partial charge >= 0.3 is 0 Å². The maximum atomic E-state index is 5.85. The van der Waals surface area contributed by atoms with E-state index in [9.17, 15) is 0 Å². The average Bonchev–Trinajstić information content (AvgIpc) is 2.40. The summed E-state index contributed by atoms with van der Waals surface area (Å²) in [7, 11) is 2.11. The smallest absolute Gasteiger partial charge is 0.0426 e. The highest BCUT2D eigenvalue weighted by Crippen LogP contribution is 2.18. The Morgan fingerprint density at radius 1 is 1.00 bits per heavy atom. The van der Waals surface area contributed by atoms with Crippen LogP contribution in [0.5, 0.6) is 0 Å². The van der Waals surface area contributed by atoms with E-state index < -0.39 is 0 Å². The minimum atomic E-state index is 0.0958. The van der Waals surface area contributed by atoms with E-state index in [0.717, 1.165) is 6.54 Å². The molecule has 2 aromatic rings. The van der Waals surface area contributed by atoms with Crippen molar-refractivity contribution in [1.82, 2.24) is 0 Å². The van der Waals surface area contributed by atoms with Gasteiger partial charge in [0.05, 0.1) is 0 Å². The van der Waals surface area contributed by atoms with Crippen molar-refractivity contribution < 1.29 is 0 Å². The molecule has 0 saturated heterocycles. The molecule has 2 heteroatoms. The first-order valence-corrected chi connectivity index (χ1v) is 6.27. The standard InChI is InChI=1S/C16H20N2/c1-13(17)15-8-10-16(11-9-15)18(2)12-14-6-4-3-5-7-14/h3-11,13H,12,17H2,1-2H3/t13-/m1/s1. The summed E-state index contributed by atoms with van der Waals surface area (Å²) in [6.07, 6.45) is 0. The van der Waals surface area contributed by atoms with Crippen LogP contribution in [0.4, 0.5) is 5.69 Å². The first kappa shape index (κ1) is 12.7. The first-order chi connectivity index (χ1) is 8.66. The van der Waals surface area contributed by atoms with Crippen molar-refractivity contribution in [3.63, 3.8) is 0 Å². The topological polar surface area (TPSA) is 29.3 Å². The molecule has 0 radical (unpaired) electrons. The lowest BCUT2D eigenvalue weighted by atomic mass is 10.1. The zero-order valence-corrected chi connectivity index (χ0v) is 11.0. The summed E-state index contributed by atoms with van der Waals surface area (Å²) in [6.45, 7) is 2.92. The molecule has 0 aliphatic rings. The van der Waals surface area contributed by atoms with Crippen molar-refractivity contribution in [1.29, 1.82) is 0 Å². The highest BCUT2D eigenvalue weighted by atomic mass is 15.1. The quantitative estimate of drug-likeness (QED) is 0.888. The van der Waals surface area contributed by atoms with Gasteiger partial charge in [0.2, 0.25) is 0 Å². The number of anilines is 1. The van der Waals surface area contributed by atoms with Crippen molar-refractivity contribution in [2.45, 2.75) is 19.5 Å². The molecule has 94 valence electrons. The summed E-state index contributed by atoms with van der Waals surface area (Å²) in [5.74, 6) is 0. The zero-order chi connectivity index (χ0) is 13.0. The van der Waals surface area contributed by atoms with Gasteiger partial charge in [-0.05, 0) is 30.2 Å². The second-order valence-corrected chi connectivity index (χ2v) is 4.72. The Kier molecular flexibility index (Phi) is 4.00. The molecular weight excluding hydrogens is 220 g/mol. The van der Waals surface area contributed by atoms with E-state index in [4.69, 9.17) is 5.73 Å². The van der Waals surface area contributed by atoms with Crippen LogP contribution in [-0.2, 0) is 6.54 Å². The van der Waals surface area contributed by atoms with Gasteiger partial charge in [0.15, 0.2) is 0 Å². The van der Waals surface area contributed by atoms with Crippen LogP contribution in [0, 0.1) is 0 Å². The maximum absolute atomic E-state index is 5.85. The highest BCUT2D eigenvalue weighted by molar-refractivity contribution is 5.47. The molecule has 0 aliphatic carbocycles. The Bertz CT molecular complexity index is 474. The molecule has 0 amide bonds. The van der Waals surface area contributed by atoms with Crippen LogP contribution in [0.1, 0.15) is 24.1 Å². The van der Waals surface area contributed by atoms with E-state index in [2.05, 4.69) is 60.5 Å². The van der Waals surface area contributed by atoms with Crippen LogP contribution < -0.4 is 10.6 Å². The fraction of sp³-hybridized carbons (Fsp3) is 0.250. The van der Waals surface area contributed by atoms with E-state index in [0.29, 0.717) is 0 Å². The predicted molar refractivity (Wildman–Crippen MR) is 77.6 cm³/mol. The summed E-state index contributed by atoms with van der Waals surface area (Å²) in [6, 6.07) is 19.0. The molecule has 2 N–H and O–H groups in total. The molecule has 1 atom stereocenters. The van der Waals surface area contributed by atoms with Crippen LogP contribution in [0.25, 0.3) is 0 Å². The lowest BCUT2D eigenvalue weighted by Crippen LogP contribution is -2.16. The minimum absolute atomic E-state index is 0.0958. The SMILES string of the molecule is C[C@@H](N)c1ccc(N(C)Cc2ccccc2)cc1. The van der Waals surface area contributed by atoms with Gasteiger partial charge in [-0.2, -0.15) is 0 Å². The van der Waals surface area contributed by atoms with Crippen LogP contribution in [0.3, 0.4) is 0 Å². The number of rotatable bonds is 4. The number of hydrogen-bond acceptors (Lipinski definition) is 2. The Morgan fingerprint density at radius 2 is 1.61 bits per heavy atom. The number of nitrogens with two attached hydrogens (primary N) is 1. The van der Waals surface area contributed by atoms with E-state index in [1.807, 2.05) is 13.0 Å². The summed E-state index contributed by atoms with van der Waals surface area (Å²) >= 11 is 0. The largest absolute Gasteiger partial charge is 0.370 e. The third kappa shape index (κ3) is 3.11. The minimum Gasteiger partial charge on any atom is -0.370 e. The Labute approximate surface area is 109 Å². The Balaban J connectivity index is 2.07. The van der Waals surface area contributed by atoms with Crippen LogP contribution in [0.15, 0.2) is 54.6 Å². The van der Waals surface area contributed by atoms with Gasteiger partial charge in [-0.1, -0.05) is 42.5 Å². The highest BCUT2D eigenvalue weighted by Gasteiger charge is 2.03. The summed E-state index contributed by atoms with van der Waals surface area (Å²) < 4.78 is 0. The zero-order valence-electron chi connectivity index (χ0n) is 11.0. The average molecular weight is 240 g/mol. The lowest BCUT2D eigenvalue weighted by molar-refractivity contribution is 0.817. The summed E-state index contributed by atoms with van der Waals surface area (Å²) in [5, 5.41) is 0. The molecule has 0 fully saturated rings. The van der Waals surface area contributed by atoms with Gasteiger partial charge in [-0.3, -0.25) is 0 Å². The van der Waals surface area contributed by atoms with E-state index in [1.54, 1.807) is 0 Å². The second kappa shape index (κ2) is 5.69. The molecule has 0 saturated carbocycles. The Morgan fingerprint density at radius 3 is 2.17 bits per heavy atom. The monoisotopic (exact) mass is 240 g/mol. The van der Waals surface area contributed by atoms with Gasteiger partial charge in [0, 0.05) is 25.3 Å². The van der Waals surface area contributed by atoms with Crippen molar-refractivity contribution >= 4 is 5.69 Å². The van der Waals surface area contributed by atoms with Crippen molar-refractivity contribution in [2.24, 2.45) is 5.73 Å². The fourth-order valence-corrected chi connectivity index (χ4v) is 1.98. The number of hydrogen-bond donors (Lipinski definition) is 1. The second-order valence-electron chi connectivity index (χ2n) is 4.72. The maximum Gasteiger partial charge on any atom is 0.0426 e. The molecule has 0 aliphatic heterocycles. The lowest BCUT2D eigenvalue weighted by Gasteiger charge is -2.20. The van der Waals surface area contributed by atoms with Gasteiger partial charge in [-0.15, -0.1) is 0 Å². The van der Waals surface area contributed by atoms with Gasteiger partial charge in [-0.25, -0.2) is 0 Å². The van der Waals surface area contributed by atoms with Crippen molar-refractivity contribution in [3.05, 3.63) is 65.7 Å². The van der Waals surface area contributed by atoms with Gasteiger partial charge in [0.1, 0.15) is 0 Å². The molecule has 18 heavy (non-hydrogen) atoms. The molecule has 0 unspecified atom stereocenters. The van der Waals surface area contributed by atoms with Crippen molar-refractivity contribution in [2.75, 3.05) is 11.9 Å². The number of nitrogens with zero attached hydrogens (tertiary/aromatic N) is 1. The van der Waals surface area contributed by atoms with Gasteiger partial charge in [0.25, 0.3) is 0 Å². The Hall–Kier alpha value is -1.80. The molecule has 0 spiro atoms. The first-order valence-electron chi connectivity index (χ1n) is 6.27. The third-order valence-electron chi connectivity index (χ3n) is 3.12. The third-order valence-corrected chi connectivity index (χ3v) is 3.12. The van der Waals surface area contributed by atoms with E-state index in [-0.39, 0.29) is 6.04 Å². The van der Waals surface area contributed by atoms with E-state index >= 15 is 0 Å². The molecule has 0 aromatic heterocycles. The molecule has 2 rings (SSSR count). The molecule has 2 aromatic carbocycles. The van der Waals surface area contributed by atoms with E-state index in [1.165, 1.54) is 16.8 Å². The summed E-state index contributed by atoms with van der Waals surface area (Å²) in [4.78, 5) is 2.24. The van der Waals surface area contributed by atoms with Gasteiger partial charge < -0.3 is 10.6 Å². The predicted octanol–water partition coefficient (Wildman–Crippen LogP) is 3.34. The molecule has 0 heterocycles. The fourth-order valence-electron chi connectivity index (χ4n) is 1.98. The van der Waals surface area contributed by atoms with Crippen molar-refractivity contribution in [3.8, 4) is 0 Å². The van der Waals surface area contributed by atoms with Crippen LogP contribution in [-0.4, -0.2) is 7.05 Å². The van der Waals surface area contributed by atoms with Crippen LogP contribution >= 0.6 is 0 Å². The number of benzene rings is 2.